The molecule has 0 aliphatic rings. The molecule has 0 radical (unpaired) electrons. The van der Waals surface area contributed by atoms with Gasteiger partial charge >= 0.3 is 0 Å². The summed E-state index contributed by atoms with van der Waals surface area (Å²) in [7, 11) is 0. The van der Waals surface area contributed by atoms with Crippen LogP contribution in [-0.2, 0) is 11.3 Å². The largest absolute Gasteiger partial charge is 0.292 e. The fourth-order valence-corrected chi connectivity index (χ4v) is 0.676. The smallest absolute Gasteiger partial charge is 0.179 e. The fraction of sp³-hybridized carbons (Fsp3) is 0.250. The summed E-state index contributed by atoms with van der Waals surface area (Å²) in [6.07, 6.45) is 3.40. The Morgan fingerprint density at radius 1 is 1.73 bits per heavy atom. The summed E-state index contributed by atoms with van der Waals surface area (Å²) in [5.41, 5.74) is 0.570. The van der Waals surface area contributed by atoms with Crippen LogP contribution < -0.4 is 0 Å². The zero-order valence-corrected chi connectivity index (χ0v) is 6.45. The predicted octanol–water partition coefficient (Wildman–Crippen LogP) is 1.03. The number of hydrogen-bond donors (Lipinski definition) is 0. The van der Waals surface area contributed by atoms with Crippen molar-refractivity contribution in [3.8, 4) is 0 Å². The third-order valence-electron chi connectivity index (χ3n) is 1.34. The van der Waals surface area contributed by atoms with Crippen molar-refractivity contribution in [2.24, 2.45) is 0 Å². The first-order chi connectivity index (χ1) is 5.20. The monoisotopic (exact) mass is 150 g/mol. The van der Waals surface area contributed by atoms with E-state index in [4.69, 9.17) is 0 Å². The number of rotatable bonds is 3. The Kier molecular flexibility index (Phi) is 2.21. The molecule has 0 aliphatic heterocycles. The molecule has 3 heteroatoms. The summed E-state index contributed by atoms with van der Waals surface area (Å²) in [6.45, 7) is 5.54. The Morgan fingerprint density at radius 2 is 2.45 bits per heavy atom. The molecule has 1 aromatic rings. The molecule has 0 atom stereocenters. The van der Waals surface area contributed by atoms with Gasteiger partial charge in [-0.3, -0.25) is 9.48 Å². The van der Waals surface area contributed by atoms with Crippen LogP contribution in [0.3, 0.4) is 0 Å². The molecule has 0 unspecified atom stereocenters. The van der Waals surface area contributed by atoms with Crippen molar-refractivity contribution in [2.45, 2.75) is 13.5 Å². The summed E-state index contributed by atoms with van der Waals surface area (Å²) in [6, 6.07) is 1.78. The van der Waals surface area contributed by atoms with Crippen molar-refractivity contribution in [1.82, 2.24) is 9.78 Å². The minimum absolute atomic E-state index is 0.0219. The van der Waals surface area contributed by atoms with E-state index in [1.54, 1.807) is 30.1 Å². The van der Waals surface area contributed by atoms with Crippen molar-refractivity contribution < 1.29 is 4.79 Å². The molecule has 0 spiro atoms. The molecular formula is C8H10N2O. The standard InChI is InChI=1S/C8H10N2O/c1-7(2)8(11)6-10-5-3-4-9-10/h3-5H,1,6H2,2H3. The molecule has 1 aromatic heterocycles. The summed E-state index contributed by atoms with van der Waals surface area (Å²) in [5.74, 6) is 0.0219. The van der Waals surface area contributed by atoms with Crippen LogP contribution in [0.5, 0.6) is 0 Å². The Labute approximate surface area is 65.3 Å². The van der Waals surface area contributed by atoms with Gasteiger partial charge in [-0.05, 0) is 18.6 Å². The van der Waals surface area contributed by atoms with Crippen LogP contribution in [0, 0.1) is 0 Å². The zero-order chi connectivity index (χ0) is 8.27. The van der Waals surface area contributed by atoms with E-state index in [2.05, 4.69) is 11.7 Å². The molecule has 0 saturated heterocycles. The molecule has 0 bridgehead atoms. The molecule has 0 aliphatic carbocycles. The van der Waals surface area contributed by atoms with Gasteiger partial charge < -0.3 is 0 Å². The lowest BCUT2D eigenvalue weighted by Gasteiger charge is -1.98. The minimum Gasteiger partial charge on any atom is -0.292 e. The molecular weight excluding hydrogens is 140 g/mol. The fourth-order valence-electron chi connectivity index (χ4n) is 0.676. The molecule has 0 aromatic carbocycles. The number of hydrogen-bond acceptors (Lipinski definition) is 2. The number of aromatic nitrogens is 2. The number of carbonyl (C=O) groups is 1. The maximum atomic E-state index is 11.0. The quantitative estimate of drug-likeness (QED) is 0.603. The molecule has 0 saturated carbocycles. The zero-order valence-electron chi connectivity index (χ0n) is 6.45. The van der Waals surface area contributed by atoms with E-state index in [1.807, 2.05) is 0 Å². The summed E-state index contributed by atoms with van der Waals surface area (Å²) in [4.78, 5) is 11.0. The van der Waals surface area contributed by atoms with Crippen LogP contribution in [-0.4, -0.2) is 15.6 Å². The van der Waals surface area contributed by atoms with E-state index in [-0.39, 0.29) is 5.78 Å². The van der Waals surface area contributed by atoms with E-state index >= 15 is 0 Å². The second-order valence-electron chi connectivity index (χ2n) is 2.41. The van der Waals surface area contributed by atoms with Crippen molar-refractivity contribution in [3.05, 3.63) is 30.6 Å². The third kappa shape index (κ3) is 2.04. The Hall–Kier alpha value is -1.38. The van der Waals surface area contributed by atoms with E-state index in [1.165, 1.54) is 0 Å². The average molecular weight is 150 g/mol. The van der Waals surface area contributed by atoms with Gasteiger partial charge in [0.2, 0.25) is 0 Å². The van der Waals surface area contributed by atoms with Crippen molar-refractivity contribution in [1.29, 1.82) is 0 Å². The first-order valence-electron chi connectivity index (χ1n) is 3.36. The van der Waals surface area contributed by atoms with Gasteiger partial charge in [-0.2, -0.15) is 5.10 Å². The SMILES string of the molecule is C=C(C)C(=O)Cn1cccn1. The molecule has 0 fully saturated rings. The first-order valence-corrected chi connectivity index (χ1v) is 3.36. The van der Waals surface area contributed by atoms with Gasteiger partial charge in [0.15, 0.2) is 5.78 Å². The van der Waals surface area contributed by atoms with Crippen molar-refractivity contribution in [2.75, 3.05) is 0 Å². The Bertz CT molecular complexity index is 262. The van der Waals surface area contributed by atoms with Crippen LogP contribution in [0.15, 0.2) is 30.6 Å². The van der Waals surface area contributed by atoms with Crippen LogP contribution in [0.1, 0.15) is 6.92 Å². The van der Waals surface area contributed by atoms with Gasteiger partial charge in [-0.25, -0.2) is 0 Å². The van der Waals surface area contributed by atoms with Crippen molar-refractivity contribution >= 4 is 5.78 Å². The van der Waals surface area contributed by atoms with E-state index in [0.717, 1.165) is 0 Å². The number of ketones is 1. The summed E-state index contributed by atoms with van der Waals surface area (Å²) in [5, 5.41) is 3.89. The lowest BCUT2D eigenvalue weighted by atomic mass is 10.2. The number of carbonyl (C=O) groups excluding carboxylic acids is 1. The maximum Gasteiger partial charge on any atom is 0.179 e. The van der Waals surface area contributed by atoms with Gasteiger partial charge in [0.05, 0.1) is 0 Å². The number of Topliss-reactive ketones (excluding diaryl/α,β-unsaturated/α-hetero) is 1. The molecule has 0 N–H and O–H groups in total. The van der Waals surface area contributed by atoms with Gasteiger partial charge in [0.25, 0.3) is 0 Å². The minimum atomic E-state index is 0.0219. The number of allylic oxidation sites excluding steroid dienone is 1. The normalized spacial score (nSPS) is 9.55. The lowest BCUT2D eigenvalue weighted by molar-refractivity contribution is -0.116. The summed E-state index contributed by atoms with van der Waals surface area (Å²) >= 11 is 0. The highest BCUT2D eigenvalue weighted by Crippen LogP contribution is 1.93. The van der Waals surface area contributed by atoms with Gasteiger partial charge in [-0.15, -0.1) is 0 Å². The van der Waals surface area contributed by atoms with Gasteiger partial charge in [0.1, 0.15) is 6.54 Å². The van der Waals surface area contributed by atoms with Crippen LogP contribution in [0.4, 0.5) is 0 Å². The molecule has 0 amide bonds. The molecule has 1 rings (SSSR count). The predicted molar refractivity (Wildman–Crippen MR) is 42.0 cm³/mol. The van der Waals surface area contributed by atoms with Crippen LogP contribution in [0.2, 0.25) is 0 Å². The molecule has 3 nitrogen and oxygen atoms in total. The Morgan fingerprint density at radius 3 is 2.91 bits per heavy atom. The lowest BCUT2D eigenvalue weighted by Crippen LogP contribution is -2.10. The maximum absolute atomic E-state index is 11.0. The topological polar surface area (TPSA) is 34.9 Å². The summed E-state index contributed by atoms with van der Waals surface area (Å²) < 4.78 is 1.58. The van der Waals surface area contributed by atoms with E-state index in [9.17, 15) is 4.79 Å². The van der Waals surface area contributed by atoms with E-state index < -0.39 is 0 Å². The average Bonchev–Trinajstić information content (AvgIpc) is 2.39. The molecule has 11 heavy (non-hydrogen) atoms. The van der Waals surface area contributed by atoms with Crippen molar-refractivity contribution in [3.63, 3.8) is 0 Å². The van der Waals surface area contributed by atoms with Crippen LogP contribution >= 0.6 is 0 Å². The highest BCUT2D eigenvalue weighted by atomic mass is 16.1. The Balaban J connectivity index is 2.57. The van der Waals surface area contributed by atoms with Gasteiger partial charge in [-0.1, -0.05) is 6.58 Å². The highest BCUT2D eigenvalue weighted by molar-refractivity contribution is 5.93. The van der Waals surface area contributed by atoms with E-state index in [0.29, 0.717) is 12.1 Å². The van der Waals surface area contributed by atoms with Gasteiger partial charge in [0, 0.05) is 12.4 Å². The highest BCUT2D eigenvalue weighted by Gasteiger charge is 2.01. The second kappa shape index (κ2) is 3.14. The first kappa shape index (κ1) is 7.72. The number of nitrogens with zero attached hydrogens (tertiary/aromatic N) is 2. The molecule has 1 heterocycles. The second-order valence-corrected chi connectivity index (χ2v) is 2.41. The molecule has 58 valence electrons. The van der Waals surface area contributed by atoms with Crippen LogP contribution in [0.25, 0.3) is 0 Å². The third-order valence-corrected chi connectivity index (χ3v) is 1.34.